The van der Waals surface area contributed by atoms with Crippen molar-refractivity contribution in [1.82, 2.24) is 0 Å². The van der Waals surface area contributed by atoms with E-state index in [0.717, 1.165) is 37.3 Å². The molecule has 206 valence electrons. The summed E-state index contributed by atoms with van der Waals surface area (Å²) in [6.07, 6.45) is -2.17. The van der Waals surface area contributed by atoms with Gasteiger partial charge in [0.15, 0.2) is 0 Å². The van der Waals surface area contributed by atoms with Crippen molar-refractivity contribution in [2.24, 2.45) is 16.7 Å². The molecule has 3 saturated carbocycles. The van der Waals surface area contributed by atoms with Crippen LogP contribution in [0.1, 0.15) is 64.7 Å². The molecule has 4 aliphatic carbocycles. The quantitative estimate of drug-likeness (QED) is 0.282. The van der Waals surface area contributed by atoms with Crippen LogP contribution in [0, 0.1) is 16.7 Å². The highest BCUT2D eigenvalue weighted by Crippen LogP contribution is 2.67. The minimum absolute atomic E-state index is 0.00564. The summed E-state index contributed by atoms with van der Waals surface area (Å²) in [4.78, 5) is 0. The molecule has 3 fully saturated rings. The van der Waals surface area contributed by atoms with Gasteiger partial charge in [-0.3, -0.25) is 0 Å². The third kappa shape index (κ3) is 4.98. The number of hydrogen-bond acceptors (Lipinski definition) is 2. The Balaban J connectivity index is 1.53. The number of rotatable bonds is 5. The second-order valence-electron chi connectivity index (χ2n) is 11.3. The minimum Gasteiger partial charge on any atom is -0.393 e. The SMILES string of the molecule is C=C1/C(=C\C=C2/CCCC3(C)C(C4(C/C=C/C(O)(C(F)(F)F)C(F)(F)F)CC4)=CC[C@@H]23)C[C@@H](O)C[C@@H]1F. The molecule has 0 spiro atoms. The zero-order valence-electron chi connectivity index (χ0n) is 20.7. The molecule has 2 N–H and O–H groups in total. The van der Waals surface area contributed by atoms with Crippen molar-refractivity contribution < 1.29 is 40.9 Å². The molecule has 4 aliphatic rings. The van der Waals surface area contributed by atoms with Crippen molar-refractivity contribution in [3.63, 3.8) is 0 Å². The van der Waals surface area contributed by atoms with Gasteiger partial charge in [0.1, 0.15) is 6.17 Å². The van der Waals surface area contributed by atoms with E-state index in [4.69, 9.17) is 0 Å². The summed E-state index contributed by atoms with van der Waals surface area (Å²) in [7, 11) is 0. The fraction of sp³-hybridized carbons (Fsp3) is 0.643. The summed E-state index contributed by atoms with van der Waals surface area (Å²) >= 11 is 0. The van der Waals surface area contributed by atoms with Crippen LogP contribution < -0.4 is 0 Å². The van der Waals surface area contributed by atoms with E-state index in [1.807, 2.05) is 12.2 Å². The Bertz CT molecular complexity index is 1030. The van der Waals surface area contributed by atoms with Crippen LogP contribution in [0.4, 0.5) is 30.7 Å². The number of fused-ring (bicyclic) bond motifs is 1. The average Bonchev–Trinajstić information content (AvgIpc) is 3.46. The van der Waals surface area contributed by atoms with Gasteiger partial charge in [-0.2, -0.15) is 26.3 Å². The Morgan fingerprint density at radius 1 is 1.08 bits per heavy atom. The maximum Gasteiger partial charge on any atom is 0.429 e. The summed E-state index contributed by atoms with van der Waals surface area (Å²) in [6.45, 7) is 5.94. The number of hydrogen-bond donors (Lipinski definition) is 2. The lowest BCUT2D eigenvalue weighted by Crippen LogP contribution is -2.55. The number of aliphatic hydroxyl groups is 2. The number of alkyl halides is 7. The molecule has 4 rings (SSSR count). The highest BCUT2D eigenvalue weighted by Gasteiger charge is 2.69. The van der Waals surface area contributed by atoms with E-state index in [0.29, 0.717) is 30.4 Å². The summed E-state index contributed by atoms with van der Waals surface area (Å²) in [6, 6.07) is 0. The van der Waals surface area contributed by atoms with Gasteiger partial charge < -0.3 is 10.2 Å². The second-order valence-corrected chi connectivity index (χ2v) is 11.3. The Labute approximate surface area is 212 Å². The Hall–Kier alpha value is -1.87. The standard InChI is InChI=1S/C28H33F7O2/c1-17-19(15-20(36)16-22(17)29)7-6-18-5-3-10-24(2)21(18)8-9-23(24)25(13-14-25)11-4-12-26(37,27(30,31)32)28(33,34)35/h4,6-7,9,12,20-22,36-37H,1,3,5,8,10-11,13-16H2,2H3/b12-4+,18-6+,19-7-/t20-,21+,22+,24?/m1/s1. The van der Waals surface area contributed by atoms with Crippen molar-refractivity contribution in [3.8, 4) is 0 Å². The van der Waals surface area contributed by atoms with Crippen LogP contribution >= 0.6 is 0 Å². The first-order valence-corrected chi connectivity index (χ1v) is 12.7. The molecule has 9 heteroatoms. The lowest BCUT2D eigenvalue weighted by atomic mass is 9.61. The Morgan fingerprint density at radius 3 is 2.32 bits per heavy atom. The Morgan fingerprint density at radius 2 is 1.73 bits per heavy atom. The summed E-state index contributed by atoms with van der Waals surface area (Å²) < 4.78 is 92.5. The van der Waals surface area contributed by atoms with Crippen LogP contribution in [0.25, 0.3) is 0 Å². The van der Waals surface area contributed by atoms with E-state index in [9.17, 15) is 40.9 Å². The van der Waals surface area contributed by atoms with Gasteiger partial charge in [0.05, 0.1) is 6.10 Å². The molecule has 0 radical (unpaired) electrons. The van der Waals surface area contributed by atoms with Crippen LogP contribution in [0.5, 0.6) is 0 Å². The van der Waals surface area contributed by atoms with E-state index >= 15 is 0 Å². The van der Waals surface area contributed by atoms with Crippen LogP contribution in [0.2, 0.25) is 0 Å². The van der Waals surface area contributed by atoms with Crippen LogP contribution in [-0.2, 0) is 0 Å². The topological polar surface area (TPSA) is 40.5 Å². The molecule has 0 bridgehead atoms. The van der Waals surface area contributed by atoms with E-state index in [1.165, 1.54) is 5.57 Å². The van der Waals surface area contributed by atoms with E-state index in [2.05, 4.69) is 19.6 Å². The van der Waals surface area contributed by atoms with Crippen molar-refractivity contribution in [3.05, 3.63) is 59.3 Å². The van der Waals surface area contributed by atoms with Gasteiger partial charge in [-0.25, -0.2) is 4.39 Å². The maximum atomic E-state index is 14.1. The second kappa shape index (κ2) is 9.40. The molecule has 0 heterocycles. The van der Waals surface area contributed by atoms with E-state index in [1.54, 1.807) is 0 Å². The molecule has 0 amide bonds. The van der Waals surface area contributed by atoms with Crippen LogP contribution in [-0.4, -0.2) is 40.4 Å². The average molecular weight is 535 g/mol. The van der Waals surface area contributed by atoms with Gasteiger partial charge in [-0.15, -0.1) is 0 Å². The lowest BCUT2D eigenvalue weighted by Gasteiger charge is -2.43. The smallest absolute Gasteiger partial charge is 0.393 e. The first kappa shape index (κ1) is 28.1. The molecule has 4 atom stereocenters. The van der Waals surface area contributed by atoms with Gasteiger partial charge >= 0.3 is 12.4 Å². The normalized spacial score (nSPS) is 34.8. The van der Waals surface area contributed by atoms with E-state index in [-0.39, 0.29) is 30.3 Å². The molecule has 0 aromatic heterocycles. The van der Waals surface area contributed by atoms with Gasteiger partial charge in [0.25, 0.3) is 5.60 Å². The van der Waals surface area contributed by atoms with Crippen molar-refractivity contribution in [2.75, 3.05) is 0 Å². The molecule has 0 aromatic rings. The zero-order valence-corrected chi connectivity index (χ0v) is 20.7. The molecule has 0 aromatic carbocycles. The first-order chi connectivity index (χ1) is 17.0. The number of allylic oxidation sites excluding steroid dienone is 7. The summed E-state index contributed by atoms with van der Waals surface area (Å²) in [5, 5.41) is 19.4. The fourth-order valence-corrected chi connectivity index (χ4v) is 6.61. The predicted molar refractivity (Wildman–Crippen MR) is 126 cm³/mol. The van der Waals surface area contributed by atoms with Crippen molar-refractivity contribution in [2.45, 2.75) is 94.9 Å². The highest BCUT2D eigenvalue weighted by atomic mass is 19.4. The van der Waals surface area contributed by atoms with Gasteiger partial charge in [-0.1, -0.05) is 49.0 Å². The molecular weight excluding hydrogens is 501 g/mol. The van der Waals surface area contributed by atoms with Crippen molar-refractivity contribution >= 4 is 0 Å². The largest absolute Gasteiger partial charge is 0.429 e. The maximum absolute atomic E-state index is 14.1. The monoisotopic (exact) mass is 534 g/mol. The molecular formula is C28H33F7O2. The van der Waals surface area contributed by atoms with Gasteiger partial charge in [0, 0.05) is 6.42 Å². The molecule has 37 heavy (non-hydrogen) atoms. The van der Waals surface area contributed by atoms with Crippen LogP contribution in [0.3, 0.4) is 0 Å². The zero-order chi connectivity index (χ0) is 27.4. The van der Waals surface area contributed by atoms with E-state index < -0.39 is 35.6 Å². The molecule has 2 nitrogen and oxygen atoms in total. The predicted octanol–water partition coefficient (Wildman–Crippen LogP) is 7.61. The van der Waals surface area contributed by atoms with Crippen LogP contribution in [0.15, 0.2) is 59.3 Å². The minimum atomic E-state index is -5.87. The molecule has 0 aliphatic heterocycles. The molecule has 1 unspecified atom stereocenters. The summed E-state index contributed by atoms with van der Waals surface area (Å²) in [5.74, 6) is 0.139. The summed E-state index contributed by atoms with van der Waals surface area (Å²) in [5.41, 5.74) is -2.33. The third-order valence-electron chi connectivity index (χ3n) is 8.93. The lowest BCUT2D eigenvalue weighted by molar-refractivity contribution is -0.347. The van der Waals surface area contributed by atoms with Crippen molar-refractivity contribution in [1.29, 1.82) is 0 Å². The third-order valence-corrected chi connectivity index (χ3v) is 8.93. The van der Waals surface area contributed by atoms with Gasteiger partial charge in [-0.05, 0) is 85.3 Å². The Kier molecular flexibility index (Phi) is 7.15. The first-order valence-electron chi connectivity index (χ1n) is 12.7. The number of halogens is 7. The highest BCUT2D eigenvalue weighted by molar-refractivity contribution is 5.42. The molecule has 0 saturated heterocycles. The fourth-order valence-electron chi connectivity index (χ4n) is 6.61. The number of aliphatic hydroxyl groups excluding tert-OH is 1. The van der Waals surface area contributed by atoms with Gasteiger partial charge in [0.2, 0.25) is 0 Å².